The third kappa shape index (κ3) is 3.76. The van der Waals surface area contributed by atoms with Crippen molar-refractivity contribution in [3.05, 3.63) is 12.0 Å². The van der Waals surface area contributed by atoms with Crippen molar-refractivity contribution in [1.82, 2.24) is 9.97 Å². The molecule has 1 aromatic heterocycles. The van der Waals surface area contributed by atoms with E-state index in [4.69, 9.17) is 9.47 Å². The number of hydrogen-bond donors (Lipinski definition) is 1. The van der Waals surface area contributed by atoms with E-state index >= 15 is 0 Å². The van der Waals surface area contributed by atoms with Gasteiger partial charge in [-0.3, -0.25) is 0 Å². The standard InChI is InChI=1S/C13H20FN3O2/c1-4-15-13-16-7-11(14)12(17-13)19-10-5-8(2)18-9(3)6-10/h7-10H,4-6H2,1-3H3,(H,15,16,17). The van der Waals surface area contributed by atoms with Crippen LogP contribution in [0.3, 0.4) is 0 Å². The van der Waals surface area contributed by atoms with Crippen LogP contribution in [0, 0.1) is 5.82 Å². The van der Waals surface area contributed by atoms with Crippen molar-refractivity contribution in [2.24, 2.45) is 0 Å². The van der Waals surface area contributed by atoms with Crippen molar-refractivity contribution < 1.29 is 13.9 Å². The maximum atomic E-state index is 13.7. The second-order valence-electron chi connectivity index (χ2n) is 4.85. The lowest BCUT2D eigenvalue weighted by Gasteiger charge is -2.31. The van der Waals surface area contributed by atoms with Crippen LogP contribution in [0.2, 0.25) is 0 Å². The van der Waals surface area contributed by atoms with Gasteiger partial charge in [0.2, 0.25) is 11.8 Å². The monoisotopic (exact) mass is 269 g/mol. The highest BCUT2D eigenvalue weighted by Gasteiger charge is 2.27. The first-order valence-corrected chi connectivity index (χ1v) is 6.67. The van der Waals surface area contributed by atoms with Crippen LogP contribution in [-0.4, -0.2) is 34.8 Å². The van der Waals surface area contributed by atoms with Crippen LogP contribution < -0.4 is 10.1 Å². The Hall–Kier alpha value is -1.43. The van der Waals surface area contributed by atoms with E-state index in [0.29, 0.717) is 12.5 Å². The zero-order chi connectivity index (χ0) is 13.8. The smallest absolute Gasteiger partial charge is 0.255 e. The SMILES string of the molecule is CCNc1ncc(F)c(OC2CC(C)OC(C)C2)n1. The Labute approximate surface area is 112 Å². The Balaban J connectivity index is 2.07. The highest BCUT2D eigenvalue weighted by atomic mass is 19.1. The molecule has 2 unspecified atom stereocenters. The molecule has 2 heterocycles. The quantitative estimate of drug-likeness (QED) is 0.909. The molecule has 0 amide bonds. The first kappa shape index (κ1) is 14.0. The molecule has 2 atom stereocenters. The fraction of sp³-hybridized carbons (Fsp3) is 0.692. The van der Waals surface area contributed by atoms with Gasteiger partial charge in [-0.1, -0.05) is 0 Å². The minimum atomic E-state index is -0.534. The molecule has 0 spiro atoms. The van der Waals surface area contributed by atoms with Crippen molar-refractivity contribution >= 4 is 5.95 Å². The van der Waals surface area contributed by atoms with Crippen LogP contribution in [0.4, 0.5) is 10.3 Å². The van der Waals surface area contributed by atoms with Crippen LogP contribution in [-0.2, 0) is 4.74 Å². The maximum Gasteiger partial charge on any atom is 0.255 e. The van der Waals surface area contributed by atoms with E-state index in [2.05, 4.69) is 15.3 Å². The largest absolute Gasteiger partial charge is 0.472 e. The molecule has 1 aliphatic heterocycles. The van der Waals surface area contributed by atoms with E-state index in [1.165, 1.54) is 0 Å². The molecule has 5 nitrogen and oxygen atoms in total. The van der Waals surface area contributed by atoms with E-state index in [0.717, 1.165) is 19.0 Å². The second kappa shape index (κ2) is 6.14. The van der Waals surface area contributed by atoms with Crippen LogP contribution >= 0.6 is 0 Å². The summed E-state index contributed by atoms with van der Waals surface area (Å²) in [5.41, 5.74) is 0. The molecule has 0 aromatic carbocycles. The Kier molecular flexibility index (Phi) is 4.52. The fourth-order valence-corrected chi connectivity index (χ4v) is 2.28. The molecule has 19 heavy (non-hydrogen) atoms. The van der Waals surface area contributed by atoms with Gasteiger partial charge in [0.15, 0.2) is 0 Å². The molecular weight excluding hydrogens is 249 g/mol. The van der Waals surface area contributed by atoms with Crippen LogP contribution in [0.1, 0.15) is 33.6 Å². The third-order valence-electron chi connectivity index (χ3n) is 2.98. The molecular formula is C13H20FN3O2. The van der Waals surface area contributed by atoms with Crippen molar-refractivity contribution in [3.63, 3.8) is 0 Å². The zero-order valence-electron chi connectivity index (χ0n) is 11.5. The summed E-state index contributed by atoms with van der Waals surface area (Å²) in [4.78, 5) is 7.90. The van der Waals surface area contributed by atoms with Crippen LogP contribution in [0.5, 0.6) is 5.88 Å². The first-order chi connectivity index (χ1) is 9.08. The summed E-state index contributed by atoms with van der Waals surface area (Å²) in [6.07, 6.45) is 2.78. The van der Waals surface area contributed by atoms with Gasteiger partial charge < -0.3 is 14.8 Å². The zero-order valence-corrected chi connectivity index (χ0v) is 11.5. The van der Waals surface area contributed by atoms with Crippen molar-refractivity contribution in [2.75, 3.05) is 11.9 Å². The number of ether oxygens (including phenoxy) is 2. The number of nitrogens with zero attached hydrogens (tertiary/aromatic N) is 2. The Morgan fingerprint density at radius 2 is 2.11 bits per heavy atom. The summed E-state index contributed by atoms with van der Waals surface area (Å²) in [7, 11) is 0. The van der Waals surface area contributed by atoms with E-state index in [-0.39, 0.29) is 24.2 Å². The number of hydrogen-bond acceptors (Lipinski definition) is 5. The summed E-state index contributed by atoms with van der Waals surface area (Å²) in [5, 5.41) is 2.94. The van der Waals surface area contributed by atoms with Gasteiger partial charge in [-0.25, -0.2) is 4.98 Å². The lowest BCUT2D eigenvalue weighted by atomic mass is 10.0. The lowest BCUT2D eigenvalue weighted by Crippen LogP contribution is -2.36. The molecule has 1 N–H and O–H groups in total. The third-order valence-corrected chi connectivity index (χ3v) is 2.98. The molecule has 0 aliphatic carbocycles. The Morgan fingerprint density at radius 3 is 2.74 bits per heavy atom. The number of rotatable bonds is 4. The van der Waals surface area contributed by atoms with Gasteiger partial charge in [-0.2, -0.15) is 9.37 Å². The summed E-state index contributed by atoms with van der Waals surface area (Å²) in [6, 6.07) is 0. The Morgan fingerprint density at radius 1 is 1.42 bits per heavy atom. The molecule has 0 bridgehead atoms. The normalized spacial score (nSPS) is 27.1. The van der Waals surface area contributed by atoms with E-state index in [1.807, 2.05) is 20.8 Å². The molecule has 106 valence electrons. The number of aromatic nitrogens is 2. The highest BCUT2D eigenvalue weighted by molar-refractivity contribution is 5.28. The molecule has 1 aromatic rings. The molecule has 0 saturated carbocycles. The minimum absolute atomic E-state index is 0.0113. The average molecular weight is 269 g/mol. The van der Waals surface area contributed by atoms with Gasteiger partial charge in [0.1, 0.15) is 6.10 Å². The fourth-order valence-electron chi connectivity index (χ4n) is 2.28. The predicted octanol–water partition coefficient (Wildman–Crippen LogP) is 2.38. The van der Waals surface area contributed by atoms with Gasteiger partial charge in [0.05, 0.1) is 18.4 Å². The summed E-state index contributed by atoms with van der Waals surface area (Å²) in [5.74, 6) is -0.141. The van der Waals surface area contributed by atoms with E-state index in [1.54, 1.807) is 0 Å². The lowest BCUT2D eigenvalue weighted by molar-refractivity contribution is -0.0736. The van der Waals surface area contributed by atoms with Gasteiger partial charge in [0.25, 0.3) is 5.88 Å². The van der Waals surface area contributed by atoms with Gasteiger partial charge in [-0.15, -0.1) is 0 Å². The predicted molar refractivity (Wildman–Crippen MR) is 69.8 cm³/mol. The van der Waals surface area contributed by atoms with Gasteiger partial charge in [0, 0.05) is 19.4 Å². The van der Waals surface area contributed by atoms with Crippen LogP contribution in [0.15, 0.2) is 6.20 Å². The summed E-state index contributed by atoms with van der Waals surface area (Å²) >= 11 is 0. The van der Waals surface area contributed by atoms with Crippen LogP contribution in [0.25, 0.3) is 0 Å². The molecule has 1 fully saturated rings. The second-order valence-corrected chi connectivity index (χ2v) is 4.85. The first-order valence-electron chi connectivity index (χ1n) is 6.67. The topological polar surface area (TPSA) is 56.3 Å². The molecule has 1 saturated heterocycles. The molecule has 2 rings (SSSR count). The number of nitrogens with one attached hydrogen (secondary N) is 1. The van der Waals surface area contributed by atoms with E-state index < -0.39 is 5.82 Å². The van der Waals surface area contributed by atoms with Crippen molar-refractivity contribution in [3.8, 4) is 5.88 Å². The van der Waals surface area contributed by atoms with Crippen molar-refractivity contribution in [2.45, 2.75) is 51.9 Å². The summed E-state index contributed by atoms with van der Waals surface area (Å²) in [6.45, 7) is 6.59. The molecule has 0 radical (unpaired) electrons. The maximum absolute atomic E-state index is 13.7. The molecule has 6 heteroatoms. The minimum Gasteiger partial charge on any atom is -0.472 e. The molecule has 1 aliphatic rings. The Bertz CT molecular complexity index is 420. The number of anilines is 1. The highest BCUT2D eigenvalue weighted by Crippen LogP contribution is 2.25. The van der Waals surface area contributed by atoms with Gasteiger partial charge >= 0.3 is 0 Å². The average Bonchev–Trinajstić information content (AvgIpc) is 2.32. The van der Waals surface area contributed by atoms with E-state index in [9.17, 15) is 4.39 Å². The number of halogens is 1. The summed E-state index contributed by atoms with van der Waals surface area (Å²) < 4.78 is 24.9. The van der Waals surface area contributed by atoms with Crippen molar-refractivity contribution in [1.29, 1.82) is 0 Å². The van der Waals surface area contributed by atoms with Gasteiger partial charge in [-0.05, 0) is 20.8 Å².